The highest BCUT2D eigenvalue weighted by atomic mass is 16.5. The van der Waals surface area contributed by atoms with Gasteiger partial charge in [0.2, 0.25) is 5.91 Å². The van der Waals surface area contributed by atoms with Crippen LogP contribution in [0.25, 0.3) is 11.5 Å². The van der Waals surface area contributed by atoms with Gasteiger partial charge in [0, 0.05) is 43.0 Å². The lowest BCUT2D eigenvalue weighted by Gasteiger charge is -2.41. The Kier molecular flexibility index (Phi) is 5.53. The predicted octanol–water partition coefficient (Wildman–Crippen LogP) is 4.03. The predicted molar refractivity (Wildman–Crippen MR) is 117 cm³/mol. The Hall–Kier alpha value is -3.03. The first-order valence-corrected chi connectivity index (χ1v) is 11.5. The van der Waals surface area contributed by atoms with Crippen LogP contribution >= 0.6 is 0 Å². The number of carbonyl (C=O) groups excluding carboxylic acids is 1. The number of piperidine rings is 1. The molecule has 1 unspecified atom stereocenters. The van der Waals surface area contributed by atoms with Crippen LogP contribution in [-0.2, 0) is 16.6 Å². The zero-order chi connectivity index (χ0) is 22.1. The lowest BCUT2D eigenvalue weighted by molar-refractivity contribution is -0.133. The number of nitrogens with zero attached hydrogens (tertiary/aromatic N) is 5. The normalized spacial score (nSPS) is 21.1. The van der Waals surface area contributed by atoms with Crippen molar-refractivity contribution in [2.45, 2.75) is 64.2 Å². The first-order valence-electron chi connectivity index (χ1n) is 11.5. The fourth-order valence-electron chi connectivity index (χ4n) is 4.96. The number of rotatable bonds is 7. The van der Waals surface area contributed by atoms with Crippen LogP contribution in [0.2, 0.25) is 0 Å². The number of aryl methyl sites for hydroxylation is 2. The van der Waals surface area contributed by atoms with Crippen molar-refractivity contribution in [3.63, 3.8) is 0 Å². The largest absolute Gasteiger partial charge is 0.361 e. The summed E-state index contributed by atoms with van der Waals surface area (Å²) in [4.78, 5) is 24.0. The number of hydrogen-bond acceptors (Lipinski definition) is 7. The zero-order valence-electron chi connectivity index (χ0n) is 18.7. The SMILES string of the molecule is Cc1noc(C)c1CCC(=O)N1CCCC(CC2CC2)(c2noc(-c3ccncc3)n2)C1. The average molecular weight is 436 g/mol. The molecule has 32 heavy (non-hydrogen) atoms. The molecule has 0 bridgehead atoms. The summed E-state index contributed by atoms with van der Waals surface area (Å²) in [5, 5.41) is 8.41. The molecule has 1 amide bonds. The molecule has 8 nitrogen and oxygen atoms in total. The average Bonchev–Trinajstić information content (AvgIpc) is 3.36. The third-order valence-electron chi connectivity index (χ3n) is 6.90. The molecule has 1 atom stereocenters. The third-order valence-corrected chi connectivity index (χ3v) is 6.90. The fraction of sp³-hybridized carbons (Fsp3) is 0.542. The minimum atomic E-state index is -0.243. The lowest BCUT2D eigenvalue weighted by Crippen LogP contribution is -2.49. The maximum atomic E-state index is 13.2. The monoisotopic (exact) mass is 435 g/mol. The van der Waals surface area contributed by atoms with E-state index >= 15 is 0 Å². The highest BCUT2D eigenvalue weighted by Gasteiger charge is 2.45. The van der Waals surface area contributed by atoms with Crippen LogP contribution in [0.1, 0.15) is 61.4 Å². The molecule has 0 spiro atoms. The smallest absolute Gasteiger partial charge is 0.258 e. The Morgan fingerprint density at radius 2 is 2.00 bits per heavy atom. The molecule has 8 heteroatoms. The molecule has 4 heterocycles. The quantitative estimate of drug-likeness (QED) is 0.552. The van der Waals surface area contributed by atoms with Crippen molar-refractivity contribution in [1.82, 2.24) is 25.2 Å². The van der Waals surface area contributed by atoms with Gasteiger partial charge in [-0.05, 0) is 57.6 Å². The summed E-state index contributed by atoms with van der Waals surface area (Å²) < 4.78 is 10.9. The van der Waals surface area contributed by atoms with Crippen LogP contribution in [0.4, 0.5) is 0 Å². The second-order valence-electron chi connectivity index (χ2n) is 9.31. The van der Waals surface area contributed by atoms with Crippen molar-refractivity contribution in [2.24, 2.45) is 5.92 Å². The van der Waals surface area contributed by atoms with Crippen LogP contribution in [0.15, 0.2) is 33.6 Å². The summed E-state index contributed by atoms with van der Waals surface area (Å²) in [5.74, 6) is 2.91. The molecule has 1 aliphatic heterocycles. The number of likely N-dealkylation sites (tertiary alicyclic amines) is 1. The Bertz CT molecular complexity index is 1070. The third kappa shape index (κ3) is 4.18. The fourth-order valence-corrected chi connectivity index (χ4v) is 4.96. The van der Waals surface area contributed by atoms with Crippen molar-refractivity contribution in [3.8, 4) is 11.5 Å². The molecule has 5 rings (SSSR count). The molecule has 2 aliphatic rings. The molecule has 1 aliphatic carbocycles. The molecular formula is C24H29N5O3. The van der Waals surface area contributed by atoms with Crippen LogP contribution in [0.3, 0.4) is 0 Å². The molecule has 3 aromatic heterocycles. The number of amides is 1. The first-order chi connectivity index (χ1) is 15.5. The molecule has 3 aromatic rings. The van der Waals surface area contributed by atoms with Crippen molar-refractivity contribution in [3.05, 3.63) is 47.4 Å². The van der Waals surface area contributed by atoms with Gasteiger partial charge in [-0.15, -0.1) is 0 Å². The molecule has 0 aromatic carbocycles. The Morgan fingerprint density at radius 1 is 1.19 bits per heavy atom. The van der Waals surface area contributed by atoms with Gasteiger partial charge in [0.05, 0.1) is 11.1 Å². The highest BCUT2D eigenvalue weighted by Crippen LogP contribution is 2.46. The van der Waals surface area contributed by atoms with Crippen molar-refractivity contribution in [2.75, 3.05) is 13.1 Å². The number of aromatic nitrogens is 4. The summed E-state index contributed by atoms with van der Waals surface area (Å²) >= 11 is 0. The number of pyridine rings is 1. The van der Waals surface area contributed by atoms with E-state index in [2.05, 4.69) is 15.3 Å². The minimum absolute atomic E-state index is 0.169. The van der Waals surface area contributed by atoms with Gasteiger partial charge in [-0.25, -0.2) is 0 Å². The van der Waals surface area contributed by atoms with E-state index in [4.69, 9.17) is 14.0 Å². The first kappa shape index (κ1) is 20.8. The summed E-state index contributed by atoms with van der Waals surface area (Å²) in [7, 11) is 0. The molecule has 168 valence electrons. The number of carbonyl (C=O) groups is 1. The van der Waals surface area contributed by atoms with Crippen LogP contribution in [0, 0.1) is 19.8 Å². The van der Waals surface area contributed by atoms with Crippen molar-refractivity contribution < 1.29 is 13.8 Å². The van der Waals surface area contributed by atoms with E-state index in [1.54, 1.807) is 12.4 Å². The molecule has 0 N–H and O–H groups in total. The Morgan fingerprint density at radius 3 is 2.72 bits per heavy atom. The van der Waals surface area contributed by atoms with Gasteiger partial charge >= 0.3 is 0 Å². The van der Waals surface area contributed by atoms with Gasteiger partial charge in [0.15, 0.2) is 5.82 Å². The van der Waals surface area contributed by atoms with Crippen molar-refractivity contribution >= 4 is 5.91 Å². The maximum Gasteiger partial charge on any atom is 0.258 e. The summed E-state index contributed by atoms with van der Waals surface area (Å²) in [5.41, 5.74) is 2.53. The standard InChI is InChI=1S/C24H29N5O3/c1-16-20(17(2)31-27-16)6-7-21(30)29-13-3-10-24(15-29,14-18-4-5-18)23-26-22(32-28-23)19-8-11-25-12-9-19/h8-9,11-12,18H,3-7,10,13-15H2,1-2H3. The van der Waals surface area contributed by atoms with E-state index < -0.39 is 0 Å². The molecular weight excluding hydrogens is 406 g/mol. The van der Waals surface area contributed by atoms with Crippen LogP contribution in [-0.4, -0.2) is 44.2 Å². The Labute approximate surface area is 187 Å². The molecule has 0 radical (unpaired) electrons. The van der Waals surface area contributed by atoms with E-state index in [1.807, 2.05) is 30.9 Å². The molecule has 1 saturated carbocycles. The van der Waals surface area contributed by atoms with Gasteiger partial charge in [0.25, 0.3) is 5.89 Å². The van der Waals surface area contributed by atoms with Crippen molar-refractivity contribution in [1.29, 1.82) is 0 Å². The molecule has 1 saturated heterocycles. The molecule has 2 fully saturated rings. The summed E-state index contributed by atoms with van der Waals surface area (Å²) in [6, 6.07) is 3.74. The van der Waals surface area contributed by atoms with Crippen LogP contribution < -0.4 is 0 Å². The maximum absolute atomic E-state index is 13.2. The van der Waals surface area contributed by atoms with E-state index in [0.717, 1.165) is 54.2 Å². The Balaban J connectivity index is 1.34. The van der Waals surface area contributed by atoms with E-state index in [1.165, 1.54) is 12.8 Å². The zero-order valence-corrected chi connectivity index (χ0v) is 18.7. The van der Waals surface area contributed by atoms with Gasteiger partial charge in [-0.2, -0.15) is 4.98 Å². The van der Waals surface area contributed by atoms with Gasteiger partial charge < -0.3 is 13.9 Å². The highest BCUT2D eigenvalue weighted by molar-refractivity contribution is 5.76. The van der Waals surface area contributed by atoms with E-state index in [9.17, 15) is 4.79 Å². The van der Waals surface area contributed by atoms with Gasteiger partial charge in [0.1, 0.15) is 5.76 Å². The van der Waals surface area contributed by atoms with Gasteiger partial charge in [-0.3, -0.25) is 9.78 Å². The minimum Gasteiger partial charge on any atom is -0.361 e. The van der Waals surface area contributed by atoms with Crippen LogP contribution in [0.5, 0.6) is 0 Å². The van der Waals surface area contributed by atoms with Gasteiger partial charge in [-0.1, -0.05) is 23.2 Å². The van der Waals surface area contributed by atoms with E-state index in [-0.39, 0.29) is 11.3 Å². The van der Waals surface area contributed by atoms with E-state index in [0.29, 0.717) is 31.2 Å². The summed E-state index contributed by atoms with van der Waals surface area (Å²) in [6.07, 6.45) is 9.98. The number of hydrogen-bond donors (Lipinski definition) is 0. The topological polar surface area (TPSA) is 98.2 Å². The summed E-state index contributed by atoms with van der Waals surface area (Å²) in [6.45, 7) is 5.26. The second kappa shape index (κ2) is 8.48. The second-order valence-corrected chi connectivity index (χ2v) is 9.31. The lowest BCUT2D eigenvalue weighted by atomic mass is 9.74.